The number of nitrogens with zero attached hydrogens (tertiary/aromatic N) is 3. The van der Waals surface area contributed by atoms with E-state index < -0.39 is 0 Å². The predicted molar refractivity (Wildman–Crippen MR) is 104 cm³/mol. The van der Waals surface area contributed by atoms with Gasteiger partial charge in [0.15, 0.2) is 0 Å². The molecule has 0 spiro atoms. The second-order valence-corrected chi connectivity index (χ2v) is 7.04. The van der Waals surface area contributed by atoms with Gasteiger partial charge >= 0.3 is 0 Å². The van der Waals surface area contributed by atoms with Crippen molar-refractivity contribution in [3.63, 3.8) is 0 Å². The minimum absolute atomic E-state index is 0.442. The SMILES string of the molecule is COc1ccc([C@@H]2CCc3cc(OC)ccc3[C@@H]2CCn2cncn2)cc1. The number of benzene rings is 2. The third-order valence-corrected chi connectivity index (χ3v) is 5.64. The maximum atomic E-state index is 5.44. The number of aromatic nitrogens is 3. The summed E-state index contributed by atoms with van der Waals surface area (Å²) in [5, 5.41) is 4.27. The van der Waals surface area contributed by atoms with E-state index in [4.69, 9.17) is 9.47 Å². The third-order valence-electron chi connectivity index (χ3n) is 5.64. The Morgan fingerprint density at radius 3 is 2.52 bits per heavy atom. The molecule has 0 aliphatic heterocycles. The summed E-state index contributed by atoms with van der Waals surface area (Å²) >= 11 is 0. The van der Waals surface area contributed by atoms with Crippen molar-refractivity contribution >= 4 is 0 Å². The quantitative estimate of drug-likeness (QED) is 0.659. The van der Waals surface area contributed by atoms with E-state index in [2.05, 4.69) is 52.5 Å². The van der Waals surface area contributed by atoms with Crippen molar-refractivity contribution in [1.29, 1.82) is 0 Å². The summed E-state index contributed by atoms with van der Waals surface area (Å²) in [6, 6.07) is 15.1. The molecule has 27 heavy (non-hydrogen) atoms. The maximum absolute atomic E-state index is 5.44. The monoisotopic (exact) mass is 363 g/mol. The van der Waals surface area contributed by atoms with Gasteiger partial charge in [0.2, 0.25) is 0 Å². The van der Waals surface area contributed by atoms with Gasteiger partial charge in [-0.3, -0.25) is 4.68 Å². The normalized spacial score (nSPS) is 18.7. The van der Waals surface area contributed by atoms with Crippen LogP contribution in [-0.4, -0.2) is 29.0 Å². The molecule has 0 radical (unpaired) electrons. The average molecular weight is 363 g/mol. The first-order valence-corrected chi connectivity index (χ1v) is 9.41. The molecule has 0 saturated heterocycles. The molecule has 2 aromatic carbocycles. The van der Waals surface area contributed by atoms with E-state index >= 15 is 0 Å². The van der Waals surface area contributed by atoms with Crippen molar-refractivity contribution in [3.8, 4) is 11.5 Å². The van der Waals surface area contributed by atoms with Crippen LogP contribution in [0.2, 0.25) is 0 Å². The minimum Gasteiger partial charge on any atom is -0.497 e. The Labute approximate surface area is 160 Å². The molecular weight excluding hydrogens is 338 g/mol. The van der Waals surface area contributed by atoms with E-state index in [-0.39, 0.29) is 0 Å². The summed E-state index contributed by atoms with van der Waals surface area (Å²) in [6.45, 7) is 0.864. The topological polar surface area (TPSA) is 49.2 Å². The van der Waals surface area contributed by atoms with Gasteiger partial charge in [-0.15, -0.1) is 0 Å². The van der Waals surface area contributed by atoms with Crippen LogP contribution in [0.5, 0.6) is 11.5 Å². The van der Waals surface area contributed by atoms with Crippen molar-refractivity contribution in [2.24, 2.45) is 0 Å². The van der Waals surface area contributed by atoms with E-state index in [1.807, 2.05) is 4.68 Å². The fourth-order valence-corrected chi connectivity index (χ4v) is 4.24. The van der Waals surface area contributed by atoms with Gasteiger partial charge in [-0.25, -0.2) is 4.98 Å². The van der Waals surface area contributed by atoms with Gasteiger partial charge in [-0.05, 0) is 72.1 Å². The van der Waals surface area contributed by atoms with Gasteiger partial charge in [0.1, 0.15) is 24.2 Å². The van der Waals surface area contributed by atoms with Gasteiger partial charge in [0.05, 0.1) is 14.2 Å². The molecule has 0 saturated carbocycles. The summed E-state index contributed by atoms with van der Waals surface area (Å²) in [5.41, 5.74) is 4.21. The standard InChI is InChI=1S/C22H25N3O2/c1-26-18-6-3-16(4-7-18)20-9-5-17-13-19(27-2)8-10-21(17)22(20)11-12-25-15-23-14-24-25/h3-4,6-8,10,13-15,20,22H,5,9,11-12H2,1-2H3/t20-,22+/m0/s1. The molecule has 5 nitrogen and oxygen atoms in total. The van der Waals surface area contributed by atoms with Crippen molar-refractivity contribution in [1.82, 2.24) is 14.8 Å². The zero-order valence-corrected chi connectivity index (χ0v) is 15.8. The lowest BCUT2D eigenvalue weighted by Crippen LogP contribution is -2.21. The molecule has 1 aliphatic carbocycles. The van der Waals surface area contributed by atoms with Crippen molar-refractivity contribution in [2.45, 2.75) is 37.6 Å². The molecule has 1 aliphatic rings. The Morgan fingerprint density at radius 1 is 1.04 bits per heavy atom. The molecule has 0 bridgehead atoms. The highest BCUT2D eigenvalue weighted by molar-refractivity contribution is 5.43. The number of hydrogen-bond acceptors (Lipinski definition) is 4. The Hall–Kier alpha value is -2.82. The largest absolute Gasteiger partial charge is 0.497 e. The highest BCUT2D eigenvalue weighted by atomic mass is 16.5. The molecule has 0 N–H and O–H groups in total. The zero-order valence-electron chi connectivity index (χ0n) is 15.8. The first-order chi connectivity index (χ1) is 13.3. The van der Waals surface area contributed by atoms with Gasteiger partial charge in [-0.1, -0.05) is 18.2 Å². The number of methoxy groups -OCH3 is 2. The molecule has 0 fully saturated rings. The molecule has 0 unspecified atom stereocenters. The van der Waals surface area contributed by atoms with Gasteiger partial charge in [-0.2, -0.15) is 5.10 Å². The van der Waals surface area contributed by atoms with E-state index in [9.17, 15) is 0 Å². The fourth-order valence-electron chi connectivity index (χ4n) is 4.24. The Morgan fingerprint density at radius 2 is 1.81 bits per heavy atom. The molecule has 4 rings (SSSR count). The second kappa shape index (κ2) is 7.82. The molecule has 1 aromatic heterocycles. The number of fused-ring (bicyclic) bond motifs is 1. The highest BCUT2D eigenvalue weighted by Gasteiger charge is 2.30. The first kappa shape index (κ1) is 17.6. The van der Waals surface area contributed by atoms with E-state index in [1.54, 1.807) is 26.9 Å². The van der Waals surface area contributed by atoms with Gasteiger partial charge < -0.3 is 9.47 Å². The first-order valence-electron chi connectivity index (χ1n) is 9.41. The van der Waals surface area contributed by atoms with Crippen LogP contribution in [0, 0.1) is 0 Å². The van der Waals surface area contributed by atoms with Crippen LogP contribution in [0.3, 0.4) is 0 Å². The Bertz CT molecular complexity index is 875. The van der Waals surface area contributed by atoms with E-state index in [0.717, 1.165) is 37.3 Å². The average Bonchev–Trinajstić information content (AvgIpc) is 3.25. The smallest absolute Gasteiger partial charge is 0.137 e. The lowest BCUT2D eigenvalue weighted by Gasteiger charge is -2.34. The molecule has 140 valence electrons. The van der Waals surface area contributed by atoms with Crippen molar-refractivity contribution in [3.05, 3.63) is 71.8 Å². The lowest BCUT2D eigenvalue weighted by molar-refractivity contribution is 0.400. The van der Waals surface area contributed by atoms with Crippen molar-refractivity contribution < 1.29 is 9.47 Å². The summed E-state index contributed by atoms with van der Waals surface area (Å²) < 4.78 is 12.7. The maximum Gasteiger partial charge on any atom is 0.137 e. The molecular formula is C22H25N3O2. The number of ether oxygens (including phenoxy) is 2. The third kappa shape index (κ3) is 3.68. The number of aryl methyl sites for hydroxylation is 2. The zero-order chi connectivity index (χ0) is 18.6. The van der Waals surface area contributed by atoms with Crippen LogP contribution >= 0.6 is 0 Å². The number of rotatable bonds is 6. The fraction of sp³-hybridized carbons (Fsp3) is 0.364. The van der Waals surface area contributed by atoms with Crippen molar-refractivity contribution in [2.75, 3.05) is 14.2 Å². The molecule has 5 heteroatoms. The van der Waals surface area contributed by atoms with Crippen LogP contribution in [0.25, 0.3) is 0 Å². The molecule has 3 aromatic rings. The van der Waals surface area contributed by atoms with Gasteiger partial charge in [0, 0.05) is 6.54 Å². The highest BCUT2D eigenvalue weighted by Crippen LogP contribution is 2.45. The summed E-state index contributed by atoms with van der Waals surface area (Å²) in [4.78, 5) is 4.07. The molecule has 1 heterocycles. The second-order valence-electron chi connectivity index (χ2n) is 7.04. The van der Waals surface area contributed by atoms with Crippen LogP contribution in [0.4, 0.5) is 0 Å². The van der Waals surface area contributed by atoms with Crippen LogP contribution in [-0.2, 0) is 13.0 Å². The Balaban J connectivity index is 1.65. The molecule has 2 atom stereocenters. The summed E-state index contributed by atoms with van der Waals surface area (Å²) in [7, 11) is 3.44. The number of hydrogen-bond donors (Lipinski definition) is 0. The van der Waals surface area contributed by atoms with Gasteiger partial charge in [0.25, 0.3) is 0 Å². The summed E-state index contributed by atoms with van der Waals surface area (Å²) in [5.74, 6) is 2.77. The van der Waals surface area contributed by atoms with E-state index in [0.29, 0.717) is 11.8 Å². The van der Waals surface area contributed by atoms with E-state index in [1.165, 1.54) is 16.7 Å². The lowest BCUT2D eigenvalue weighted by atomic mass is 9.70. The molecule has 0 amide bonds. The van der Waals surface area contributed by atoms with Crippen LogP contribution in [0.15, 0.2) is 55.1 Å². The van der Waals surface area contributed by atoms with Crippen LogP contribution in [0.1, 0.15) is 41.4 Å². The minimum atomic E-state index is 0.442. The predicted octanol–water partition coefficient (Wildman–Crippen LogP) is 4.20. The van der Waals surface area contributed by atoms with Crippen LogP contribution < -0.4 is 9.47 Å². The Kier molecular flexibility index (Phi) is 5.10. The summed E-state index contributed by atoms with van der Waals surface area (Å²) in [6.07, 6.45) is 6.62.